The second-order valence-corrected chi connectivity index (χ2v) is 13.0. The molecule has 240 valence electrons. The first kappa shape index (κ1) is 32.5. The van der Waals surface area contributed by atoms with E-state index in [4.69, 9.17) is 4.74 Å². The average Bonchev–Trinajstić information content (AvgIpc) is 3.91. The van der Waals surface area contributed by atoms with Crippen LogP contribution in [0, 0.1) is 5.92 Å². The second-order valence-electron chi connectivity index (χ2n) is 13.0. The minimum atomic E-state index is -0.884. The molecule has 2 aliphatic rings. The lowest BCUT2D eigenvalue weighted by Gasteiger charge is -2.32. The predicted molar refractivity (Wildman–Crippen MR) is 179 cm³/mol. The third-order valence-electron chi connectivity index (χ3n) is 9.04. The number of amides is 2. The van der Waals surface area contributed by atoms with E-state index >= 15 is 0 Å². The minimum Gasteiger partial charge on any atom is -0.497 e. The van der Waals surface area contributed by atoms with Gasteiger partial charge in [0.05, 0.1) is 19.3 Å². The van der Waals surface area contributed by atoms with E-state index in [0.29, 0.717) is 30.0 Å². The number of rotatable bonds is 14. The lowest BCUT2D eigenvalue weighted by Crippen LogP contribution is -2.51. The van der Waals surface area contributed by atoms with Crippen molar-refractivity contribution in [2.24, 2.45) is 5.92 Å². The number of aliphatic hydroxyl groups is 1. The molecule has 0 aromatic heterocycles. The summed E-state index contributed by atoms with van der Waals surface area (Å²) in [6.45, 7) is 6.84. The number of ether oxygens (including phenoxy) is 1. The molecule has 1 heterocycles. The molecule has 8 heteroatoms. The van der Waals surface area contributed by atoms with Crippen molar-refractivity contribution in [1.82, 2.24) is 16.0 Å². The summed E-state index contributed by atoms with van der Waals surface area (Å²) in [4.78, 5) is 29.4. The molecule has 1 saturated carbocycles. The van der Waals surface area contributed by atoms with E-state index in [1.165, 1.54) is 6.42 Å². The van der Waals surface area contributed by atoms with E-state index < -0.39 is 17.7 Å². The smallest absolute Gasteiger partial charge is 0.251 e. The molecule has 1 aliphatic heterocycles. The molecule has 1 saturated heterocycles. The highest BCUT2D eigenvalue weighted by Gasteiger charge is 2.28. The number of piperidine rings is 1. The molecule has 4 N–H and O–H groups in total. The van der Waals surface area contributed by atoms with Crippen LogP contribution in [-0.4, -0.2) is 62.4 Å². The van der Waals surface area contributed by atoms with Gasteiger partial charge in [0.2, 0.25) is 0 Å². The van der Waals surface area contributed by atoms with E-state index in [9.17, 15) is 14.7 Å². The Morgan fingerprint density at radius 1 is 0.933 bits per heavy atom. The topological polar surface area (TPSA) is 103 Å². The molecule has 0 bridgehead atoms. The van der Waals surface area contributed by atoms with Crippen molar-refractivity contribution in [2.75, 3.05) is 38.2 Å². The Morgan fingerprint density at radius 3 is 2.33 bits per heavy atom. The first-order valence-corrected chi connectivity index (χ1v) is 16.3. The fourth-order valence-corrected chi connectivity index (χ4v) is 5.89. The molecule has 2 atom stereocenters. The number of anilines is 1. The molecule has 3 aromatic carbocycles. The Kier molecular flexibility index (Phi) is 10.8. The van der Waals surface area contributed by atoms with Crippen molar-refractivity contribution in [3.8, 4) is 5.75 Å². The van der Waals surface area contributed by atoms with Gasteiger partial charge in [-0.3, -0.25) is 9.59 Å². The molecule has 8 nitrogen and oxygen atoms in total. The van der Waals surface area contributed by atoms with Gasteiger partial charge in [0.15, 0.2) is 0 Å². The van der Waals surface area contributed by atoms with Crippen LogP contribution in [0.15, 0.2) is 72.8 Å². The fourth-order valence-electron chi connectivity index (χ4n) is 5.89. The molecule has 2 amide bonds. The predicted octanol–water partition coefficient (Wildman–Crippen LogP) is 5.05. The highest BCUT2D eigenvalue weighted by Crippen LogP contribution is 2.28. The van der Waals surface area contributed by atoms with Crippen LogP contribution in [0.2, 0.25) is 0 Å². The molecule has 3 aromatic rings. The van der Waals surface area contributed by atoms with Gasteiger partial charge in [0.1, 0.15) is 5.75 Å². The van der Waals surface area contributed by atoms with Gasteiger partial charge < -0.3 is 30.7 Å². The zero-order chi connectivity index (χ0) is 31.8. The summed E-state index contributed by atoms with van der Waals surface area (Å²) in [7, 11) is 1.64. The number of methoxy groups -OCH3 is 1. The standard InChI is InChI=1S/C37H48N4O4/c1-37(2,30-13-10-14-32(23-30)45-3)39-25-34(42)33(19-26-11-6-4-7-12-26)40-36(44)29-20-28(35(43)38-24-27-15-16-27)21-31(22-29)41-17-8-5-9-18-41/h4,6-7,10-14,20-23,27,33-34,39,42H,5,8-9,15-19,24-25H2,1-3H3,(H,38,43)(H,40,44)/t33-,34+/m0/s1. The number of carbonyl (C=O) groups excluding carboxylic acids is 2. The summed E-state index contributed by atoms with van der Waals surface area (Å²) in [5, 5.41) is 21.2. The lowest BCUT2D eigenvalue weighted by molar-refractivity contribution is 0.0813. The molecule has 5 rings (SSSR count). The Morgan fingerprint density at radius 2 is 1.64 bits per heavy atom. The molecule has 1 aliphatic carbocycles. The van der Waals surface area contributed by atoms with Crippen LogP contribution < -0.4 is 25.6 Å². The summed E-state index contributed by atoms with van der Waals surface area (Å²) in [5.74, 6) is 0.867. The number of nitrogens with one attached hydrogen (secondary N) is 3. The van der Waals surface area contributed by atoms with E-state index in [1.807, 2.05) is 66.7 Å². The van der Waals surface area contributed by atoms with Crippen molar-refractivity contribution in [3.05, 3.63) is 95.1 Å². The van der Waals surface area contributed by atoms with E-state index in [2.05, 4.69) is 34.7 Å². The average molecular weight is 613 g/mol. The summed E-state index contributed by atoms with van der Waals surface area (Å²) < 4.78 is 5.41. The van der Waals surface area contributed by atoms with Crippen LogP contribution in [0.1, 0.15) is 77.8 Å². The van der Waals surface area contributed by atoms with Crippen molar-refractivity contribution < 1.29 is 19.4 Å². The molecule has 0 spiro atoms. The zero-order valence-corrected chi connectivity index (χ0v) is 26.9. The molecule has 2 fully saturated rings. The molecule has 0 radical (unpaired) electrons. The van der Waals surface area contributed by atoms with Gasteiger partial charge in [0.25, 0.3) is 11.8 Å². The maximum atomic E-state index is 13.9. The Balaban J connectivity index is 1.35. The van der Waals surface area contributed by atoms with E-state index in [-0.39, 0.29) is 18.4 Å². The van der Waals surface area contributed by atoms with Gasteiger partial charge in [-0.15, -0.1) is 0 Å². The fraction of sp³-hybridized carbons (Fsp3) is 0.459. The monoisotopic (exact) mass is 612 g/mol. The highest BCUT2D eigenvalue weighted by molar-refractivity contribution is 6.01. The number of hydrogen-bond acceptors (Lipinski definition) is 6. The minimum absolute atomic E-state index is 0.153. The summed E-state index contributed by atoms with van der Waals surface area (Å²) in [5.41, 5.74) is 3.38. The van der Waals surface area contributed by atoms with Gasteiger partial charge in [-0.05, 0) is 99.7 Å². The molecule has 0 unspecified atom stereocenters. The number of hydrogen-bond donors (Lipinski definition) is 4. The van der Waals surface area contributed by atoms with E-state index in [0.717, 1.165) is 61.3 Å². The summed E-state index contributed by atoms with van der Waals surface area (Å²) in [6.07, 6.45) is 5.24. The van der Waals surface area contributed by atoms with Crippen LogP contribution in [-0.2, 0) is 12.0 Å². The Bertz CT molecular complexity index is 1430. The largest absolute Gasteiger partial charge is 0.497 e. The second kappa shape index (κ2) is 14.9. The Hall–Kier alpha value is -3.88. The van der Waals surface area contributed by atoms with Crippen LogP contribution in [0.25, 0.3) is 0 Å². The number of aliphatic hydroxyl groups excluding tert-OH is 1. The van der Waals surface area contributed by atoms with Crippen molar-refractivity contribution in [3.63, 3.8) is 0 Å². The lowest BCUT2D eigenvalue weighted by atomic mass is 9.93. The highest BCUT2D eigenvalue weighted by atomic mass is 16.5. The quantitative estimate of drug-likeness (QED) is 0.203. The van der Waals surface area contributed by atoms with Gasteiger partial charge in [0, 0.05) is 48.5 Å². The molecule has 45 heavy (non-hydrogen) atoms. The summed E-state index contributed by atoms with van der Waals surface area (Å²) >= 11 is 0. The normalized spacial score (nSPS) is 16.5. The number of carbonyl (C=O) groups is 2. The first-order valence-electron chi connectivity index (χ1n) is 16.3. The van der Waals surface area contributed by atoms with Crippen molar-refractivity contribution in [1.29, 1.82) is 0 Å². The SMILES string of the molecule is COc1cccc(C(C)(C)NC[C@@H](O)[C@H](Cc2ccccc2)NC(=O)c2cc(C(=O)NCC3CC3)cc(N3CCCCC3)c2)c1. The third kappa shape index (κ3) is 9.08. The van der Waals surface area contributed by atoms with Gasteiger partial charge in [-0.1, -0.05) is 42.5 Å². The van der Waals surface area contributed by atoms with Gasteiger partial charge in [-0.25, -0.2) is 0 Å². The third-order valence-corrected chi connectivity index (χ3v) is 9.04. The number of nitrogens with zero attached hydrogens (tertiary/aromatic N) is 1. The maximum absolute atomic E-state index is 13.9. The van der Waals surface area contributed by atoms with Crippen LogP contribution in [0.3, 0.4) is 0 Å². The van der Waals surface area contributed by atoms with Gasteiger partial charge >= 0.3 is 0 Å². The first-order chi connectivity index (χ1) is 21.7. The summed E-state index contributed by atoms with van der Waals surface area (Å²) in [6, 6.07) is 22.6. The Labute approximate surface area is 267 Å². The maximum Gasteiger partial charge on any atom is 0.251 e. The van der Waals surface area contributed by atoms with Crippen molar-refractivity contribution in [2.45, 2.75) is 70.1 Å². The van der Waals surface area contributed by atoms with Crippen LogP contribution in [0.4, 0.5) is 5.69 Å². The van der Waals surface area contributed by atoms with Gasteiger partial charge in [-0.2, -0.15) is 0 Å². The molecular weight excluding hydrogens is 564 g/mol. The van der Waals surface area contributed by atoms with E-state index in [1.54, 1.807) is 13.2 Å². The van der Waals surface area contributed by atoms with Crippen LogP contribution >= 0.6 is 0 Å². The van der Waals surface area contributed by atoms with Crippen LogP contribution in [0.5, 0.6) is 5.75 Å². The van der Waals surface area contributed by atoms with Crippen molar-refractivity contribution >= 4 is 17.5 Å². The molecular formula is C37H48N4O4. The zero-order valence-electron chi connectivity index (χ0n) is 26.9. The number of benzene rings is 3.